The number of hydrogen-bond acceptors (Lipinski definition) is 10. The lowest BCUT2D eigenvalue weighted by atomic mass is 10.1. The standard InChI is InChI=1S/C22H30N8O2/c1-15-13-19(31)32-18-14-16(5-6-17(15)18)25-20-26-21(29-9-3-2-4-10-29)28-22(27-20)30(11-7-23)12-8-24/h5-6,13-14H,2-4,7-12,23-24H2,1H3,(H,25,26,27,28). The van der Waals surface area contributed by atoms with E-state index in [1.54, 1.807) is 6.07 Å². The van der Waals surface area contributed by atoms with Crippen molar-refractivity contribution < 1.29 is 4.42 Å². The van der Waals surface area contributed by atoms with Crippen molar-refractivity contribution in [1.82, 2.24) is 15.0 Å². The zero-order valence-electron chi connectivity index (χ0n) is 18.4. The van der Waals surface area contributed by atoms with Crippen molar-refractivity contribution in [2.45, 2.75) is 26.2 Å². The Morgan fingerprint density at radius 3 is 2.53 bits per heavy atom. The quantitative estimate of drug-likeness (QED) is 0.446. The van der Waals surface area contributed by atoms with E-state index >= 15 is 0 Å². The average molecular weight is 439 g/mol. The summed E-state index contributed by atoms with van der Waals surface area (Å²) in [5.74, 6) is 1.60. The van der Waals surface area contributed by atoms with Crippen LogP contribution in [0.1, 0.15) is 24.8 Å². The molecule has 0 amide bonds. The SMILES string of the molecule is Cc1cc(=O)oc2cc(Nc3nc(N(CCN)CCN)nc(N4CCCCC4)n3)ccc12. The van der Waals surface area contributed by atoms with Gasteiger partial charge in [0.05, 0.1) is 0 Å². The second-order valence-electron chi connectivity index (χ2n) is 7.96. The minimum atomic E-state index is -0.374. The Kier molecular flexibility index (Phi) is 6.81. The van der Waals surface area contributed by atoms with E-state index < -0.39 is 0 Å². The van der Waals surface area contributed by atoms with Gasteiger partial charge in [0, 0.05) is 62.5 Å². The van der Waals surface area contributed by atoms with Crippen molar-refractivity contribution in [3.63, 3.8) is 0 Å². The van der Waals surface area contributed by atoms with Gasteiger partial charge in [-0.05, 0) is 43.9 Å². The number of aryl methyl sites for hydroxylation is 1. The molecule has 0 saturated carbocycles. The molecule has 1 aromatic carbocycles. The van der Waals surface area contributed by atoms with Crippen molar-refractivity contribution in [2.24, 2.45) is 11.5 Å². The number of aromatic nitrogens is 3. The third-order valence-corrected chi connectivity index (χ3v) is 5.54. The van der Waals surface area contributed by atoms with Gasteiger partial charge in [-0.15, -0.1) is 0 Å². The average Bonchev–Trinajstić information content (AvgIpc) is 2.79. The Labute approximate surface area is 186 Å². The molecule has 1 fully saturated rings. The van der Waals surface area contributed by atoms with Crippen molar-refractivity contribution in [1.29, 1.82) is 0 Å². The molecule has 1 aliphatic rings. The lowest BCUT2D eigenvalue weighted by Gasteiger charge is -2.28. The molecule has 10 nitrogen and oxygen atoms in total. The molecule has 3 aromatic rings. The number of benzene rings is 1. The highest BCUT2D eigenvalue weighted by molar-refractivity contribution is 5.83. The topological polar surface area (TPSA) is 139 Å². The lowest BCUT2D eigenvalue weighted by Crippen LogP contribution is -2.36. The third kappa shape index (κ3) is 4.97. The first-order chi connectivity index (χ1) is 15.6. The van der Waals surface area contributed by atoms with Crippen LogP contribution in [0.15, 0.2) is 33.5 Å². The summed E-state index contributed by atoms with van der Waals surface area (Å²) >= 11 is 0. The monoisotopic (exact) mass is 438 g/mol. The van der Waals surface area contributed by atoms with E-state index in [-0.39, 0.29) is 5.63 Å². The molecule has 170 valence electrons. The molecule has 0 radical (unpaired) electrons. The lowest BCUT2D eigenvalue weighted by molar-refractivity contribution is 0.560. The highest BCUT2D eigenvalue weighted by atomic mass is 16.4. The highest BCUT2D eigenvalue weighted by Crippen LogP contribution is 2.25. The van der Waals surface area contributed by atoms with Gasteiger partial charge in [-0.2, -0.15) is 15.0 Å². The van der Waals surface area contributed by atoms with E-state index in [1.807, 2.05) is 24.0 Å². The zero-order valence-corrected chi connectivity index (χ0v) is 18.4. The van der Waals surface area contributed by atoms with Gasteiger partial charge in [-0.1, -0.05) is 0 Å². The maximum absolute atomic E-state index is 11.8. The Balaban J connectivity index is 1.70. The first-order valence-corrected chi connectivity index (χ1v) is 11.0. The van der Waals surface area contributed by atoms with Gasteiger partial charge in [-0.3, -0.25) is 0 Å². The summed E-state index contributed by atoms with van der Waals surface area (Å²) in [6.45, 7) is 5.85. The van der Waals surface area contributed by atoms with Gasteiger partial charge in [0.15, 0.2) is 0 Å². The highest BCUT2D eigenvalue weighted by Gasteiger charge is 2.19. The zero-order chi connectivity index (χ0) is 22.5. The van der Waals surface area contributed by atoms with E-state index in [1.165, 1.54) is 12.5 Å². The van der Waals surface area contributed by atoms with Crippen LogP contribution in [0.4, 0.5) is 23.5 Å². The molecule has 10 heteroatoms. The smallest absolute Gasteiger partial charge is 0.336 e. The van der Waals surface area contributed by atoms with E-state index in [4.69, 9.17) is 20.9 Å². The van der Waals surface area contributed by atoms with Crippen LogP contribution in [-0.2, 0) is 0 Å². The van der Waals surface area contributed by atoms with Crippen LogP contribution in [0.3, 0.4) is 0 Å². The van der Waals surface area contributed by atoms with Crippen LogP contribution < -0.4 is 32.2 Å². The van der Waals surface area contributed by atoms with Crippen LogP contribution in [0.2, 0.25) is 0 Å². The summed E-state index contributed by atoms with van der Waals surface area (Å²) in [5.41, 5.74) is 13.3. The minimum Gasteiger partial charge on any atom is -0.423 e. The first kappa shape index (κ1) is 22.0. The van der Waals surface area contributed by atoms with Crippen LogP contribution >= 0.6 is 0 Å². The predicted molar refractivity (Wildman–Crippen MR) is 127 cm³/mol. The summed E-state index contributed by atoms with van der Waals surface area (Å²) in [6, 6.07) is 7.10. The molecule has 3 heterocycles. The van der Waals surface area contributed by atoms with Crippen molar-refractivity contribution in [3.05, 3.63) is 40.2 Å². The molecule has 4 rings (SSSR count). The number of nitrogens with two attached hydrogens (primary N) is 2. The van der Waals surface area contributed by atoms with E-state index in [0.29, 0.717) is 49.6 Å². The fraction of sp³-hybridized carbons (Fsp3) is 0.455. The normalized spacial score (nSPS) is 14.0. The van der Waals surface area contributed by atoms with Gasteiger partial charge in [0.1, 0.15) is 5.58 Å². The van der Waals surface area contributed by atoms with Gasteiger partial charge in [-0.25, -0.2) is 4.79 Å². The molecule has 5 N–H and O–H groups in total. The Hall–Kier alpha value is -3.24. The van der Waals surface area contributed by atoms with Gasteiger partial charge in [0.2, 0.25) is 17.8 Å². The molecule has 0 atom stereocenters. The Morgan fingerprint density at radius 1 is 1.06 bits per heavy atom. The predicted octanol–water partition coefficient (Wildman–Crippen LogP) is 1.74. The minimum absolute atomic E-state index is 0.374. The number of rotatable bonds is 8. The molecule has 0 aliphatic carbocycles. The number of hydrogen-bond donors (Lipinski definition) is 3. The second-order valence-corrected chi connectivity index (χ2v) is 7.96. The van der Waals surface area contributed by atoms with Crippen LogP contribution in [-0.4, -0.2) is 54.2 Å². The second kappa shape index (κ2) is 9.92. The van der Waals surface area contributed by atoms with E-state index in [9.17, 15) is 4.79 Å². The Morgan fingerprint density at radius 2 is 1.81 bits per heavy atom. The van der Waals surface area contributed by atoms with Crippen molar-refractivity contribution >= 4 is 34.5 Å². The molecule has 0 bridgehead atoms. The molecule has 32 heavy (non-hydrogen) atoms. The molecular formula is C22H30N8O2. The third-order valence-electron chi connectivity index (χ3n) is 5.54. The molecule has 0 unspecified atom stereocenters. The van der Waals surface area contributed by atoms with Crippen molar-refractivity contribution in [3.8, 4) is 0 Å². The van der Waals surface area contributed by atoms with Gasteiger partial charge < -0.3 is 31.0 Å². The molecule has 1 aliphatic heterocycles. The molecule has 1 saturated heterocycles. The number of nitrogens with one attached hydrogen (secondary N) is 1. The number of nitrogens with zero attached hydrogens (tertiary/aromatic N) is 5. The summed E-state index contributed by atoms with van der Waals surface area (Å²) < 4.78 is 5.37. The van der Waals surface area contributed by atoms with Crippen LogP contribution in [0, 0.1) is 6.92 Å². The van der Waals surface area contributed by atoms with Gasteiger partial charge >= 0.3 is 5.63 Å². The van der Waals surface area contributed by atoms with Crippen molar-refractivity contribution in [2.75, 3.05) is 54.4 Å². The summed E-state index contributed by atoms with van der Waals surface area (Å²) in [4.78, 5) is 30.0. The maximum atomic E-state index is 11.8. The fourth-order valence-corrected chi connectivity index (χ4v) is 3.94. The summed E-state index contributed by atoms with van der Waals surface area (Å²) in [6.07, 6.45) is 3.44. The van der Waals surface area contributed by atoms with Crippen LogP contribution in [0.25, 0.3) is 11.0 Å². The molecular weight excluding hydrogens is 408 g/mol. The fourth-order valence-electron chi connectivity index (χ4n) is 3.94. The van der Waals surface area contributed by atoms with Crippen LogP contribution in [0.5, 0.6) is 0 Å². The first-order valence-electron chi connectivity index (χ1n) is 11.0. The van der Waals surface area contributed by atoms with E-state index in [2.05, 4.69) is 20.2 Å². The van der Waals surface area contributed by atoms with Gasteiger partial charge in [0.25, 0.3) is 0 Å². The maximum Gasteiger partial charge on any atom is 0.336 e. The number of fused-ring (bicyclic) bond motifs is 1. The number of piperidine rings is 1. The molecule has 0 spiro atoms. The largest absolute Gasteiger partial charge is 0.423 e. The Bertz CT molecular complexity index is 1120. The van der Waals surface area contributed by atoms with E-state index in [0.717, 1.165) is 42.6 Å². The summed E-state index contributed by atoms with van der Waals surface area (Å²) in [5, 5.41) is 4.14. The molecule has 2 aromatic heterocycles. The number of anilines is 4. The summed E-state index contributed by atoms with van der Waals surface area (Å²) in [7, 11) is 0.